The molecule has 0 unspecified atom stereocenters. The zero-order chi connectivity index (χ0) is 13.9. The molecule has 0 bridgehead atoms. The Hall–Kier alpha value is -1.35. The number of carbonyl (C=O) groups is 1. The molecule has 0 atom stereocenters. The third-order valence-corrected chi connectivity index (χ3v) is 4.74. The lowest BCUT2D eigenvalue weighted by atomic mass is 9.96. The standard InChI is InChI=1S/C17H23NO2/c19-16-9-11-18(12-10-16)17(20)15-7-5-14(6-8-15)13-3-1-2-4-13/h5-8,13,16,19H,1-4,9-12H2. The number of rotatable bonds is 2. The van der Waals surface area contributed by atoms with E-state index < -0.39 is 0 Å². The first kappa shape index (κ1) is 13.6. The summed E-state index contributed by atoms with van der Waals surface area (Å²) in [5.41, 5.74) is 2.16. The maximum Gasteiger partial charge on any atom is 0.253 e. The minimum atomic E-state index is -0.233. The molecule has 0 spiro atoms. The van der Waals surface area contributed by atoms with Crippen LogP contribution in [0.4, 0.5) is 0 Å². The average Bonchev–Trinajstić information content (AvgIpc) is 3.02. The molecular weight excluding hydrogens is 250 g/mol. The Morgan fingerprint density at radius 2 is 1.60 bits per heavy atom. The lowest BCUT2D eigenvalue weighted by molar-refractivity contribution is 0.0546. The summed E-state index contributed by atoms with van der Waals surface area (Å²) in [6.45, 7) is 1.34. The molecule has 1 N–H and O–H groups in total. The van der Waals surface area contributed by atoms with Crippen LogP contribution in [0.1, 0.15) is 60.4 Å². The molecule has 3 heteroatoms. The first-order valence-electron chi connectivity index (χ1n) is 7.81. The van der Waals surface area contributed by atoms with Crippen molar-refractivity contribution in [3.8, 4) is 0 Å². The van der Waals surface area contributed by atoms with Gasteiger partial charge in [-0.25, -0.2) is 0 Å². The van der Waals surface area contributed by atoms with E-state index in [0.717, 1.165) is 5.56 Å². The summed E-state index contributed by atoms with van der Waals surface area (Å²) in [6, 6.07) is 8.20. The van der Waals surface area contributed by atoms with Crippen LogP contribution < -0.4 is 0 Å². The van der Waals surface area contributed by atoms with E-state index in [2.05, 4.69) is 12.1 Å². The number of hydrogen-bond donors (Lipinski definition) is 1. The van der Waals surface area contributed by atoms with Crippen LogP contribution in [0.25, 0.3) is 0 Å². The number of nitrogens with zero attached hydrogens (tertiary/aromatic N) is 1. The molecule has 2 aliphatic rings. The Morgan fingerprint density at radius 3 is 2.20 bits per heavy atom. The van der Waals surface area contributed by atoms with Gasteiger partial charge in [-0.2, -0.15) is 0 Å². The van der Waals surface area contributed by atoms with Crippen LogP contribution in [-0.2, 0) is 0 Å². The summed E-state index contributed by atoms with van der Waals surface area (Å²) in [5, 5.41) is 9.50. The summed E-state index contributed by atoms with van der Waals surface area (Å²) in [4.78, 5) is 14.2. The molecule has 1 saturated carbocycles. The van der Waals surface area contributed by atoms with Gasteiger partial charge < -0.3 is 10.0 Å². The predicted octanol–water partition coefficient (Wildman–Crippen LogP) is 2.94. The molecule has 1 aromatic carbocycles. The number of carbonyl (C=O) groups excluding carboxylic acids is 1. The number of piperidine rings is 1. The quantitative estimate of drug-likeness (QED) is 0.900. The van der Waals surface area contributed by atoms with Gasteiger partial charge in [0.1, 0.15) is 0 Å². The summed E-state index contributed by atoms with van der Waals surface area (Å²) in [7, 11) is 0. The average molecular weight is 273 g/mol. The van der Waals surface area contributed by atoms with E-state index in [0.29, 0.717) is 31.8 Å². The molecule has 1 aromatic rings. The van der Waals surface area contributed by atoms with Crippen molar-refractivity contribution in [1.82, 2.24) is 4.90 Å². The molecule has 20 heavy (non-hydrogen) atoms. The highest BCUT2D eigenvalue weighted by Crippen LogP contribution is 2.34. The largest absolute Gasteiger partial charge is 0.393 e. The lowest BCUT2D eigenvalue weighted by Crippen LogP contribution is -2.40. The molecule has 1 saturated heterocycles. The van der Waals surface area contributed by atoms with Gasteiger partial charge in [0.25, 0.3) is 5.91 Å². The zero-order valence-electron chi connectivity index (χ0n) is 11.9. The number of aliphatic hydroxyl groups excluding tert-OH is 1. The van der Waals surface area contributed by atoms with Crippen LogP contribution in [-0.4, -0.2) is 35.1 Å². The number of aliphatic hydroxyl groups is 1. The fourth-order valence-corrected chi connectivity index (χ4v) is 3.41. The lowest BCUT2D eigenvalue weighted by Gasteiger charge is -2.29. The third-order valence-electron chi connectivity index (χ3n) is 4.74. The molecule has 2 fully saturated rings. The molecule has 1 amide bonds. The van der Waals surface area contributed by atoms with E-state index in [-0.39, 0.29) is 12.0 Å². The summed E-state index contributed by atoms with van der Waals surface area (Å²) >= 11 is 0. The van der Waals surface area contributed by atoms with Crippen molar-refractivity contribution in [3.63, 3.8) is 0 Å². The van der Waals surface area contributed by atoms with Crippen LogP contribution in [0, 0.1) is 0 Å². The molecule has 3 nitrogen and oxygen atoms in total. The highest BCUT2D eigenvalue weighted by atomic mass is 16.3. The van der Waals surface area contributed by atoms with Crippen molar-refractivity contribution in [1.29, 1.82) is 0 Å². The van der Waals surface area contributed by atoms with Gasteiger partial charge in [-0.1, -0.05) is 25.0 Å². The Morgan fingerprint density at radius 1 is 1.00 bits per heavy atom. The van der Waals surface area contributed by atoms with Crippen molar-refractivity contribution in [2.45, 2.75) is 50.5 Å². The number of likely N-dealkylation sites (tertiary alicyclic amines) is 1. The Labute approximate surface area is 120 Å². The smallest absolute Gasteiger partial charge is 0.253 e. The van der Waals surface area contributed by atoms with Crippen LogP contribution in [0.5, 0.6) is 0 Å². The van der Waals surface area contributed by atoms with Gasteiger partial charge in [0, 0.05) is 18.7 Å². The van der Waals surface area contributed by atoms with Crippen molar-refractivity contribution >= 4 is 5.91 Å². The summed E-state index contributed by atoms with van der Waals surface area (Å²) in [6.07, 6.45) is 6.42. The fraction of sp³-hybridized carbons (Fsp3) is 0.588. The van der Waals surface area contributed by atoms with E-state index in [4.69, 9.17) is 0 Å². The SMILES string of the molecule is O=C(c1ccc(C2CCCC2)cc1)N1CCC(O)CC1. The Bertz CT molecular complexity index is 454. The van der Waals surface area contributed by atoms with Gasteiger partial charge in [0.15, 0.2) is 0 Å². The molecule has 108 valence electrons. The highest BCUT2D eigenvalue weighted by molar-refractivity contribution is 5.94. The van der Waals surface area contributed by atoms with E-state index >= 15 is 0 Å². The molecule has 0 radical (unpaired) electrons. The van der Waals surface area contributed by atoms with E-state index in [1.807, 2.05) is 17.0 Å². The minimum absolute atomic E-state index is 0.106. The van der Waals surface area contributed by atoms with Crippen molar-refractivity contribution in [2.75, 3.05) is 13.1 Å². The van der Waals surface area contributed by atoms with E-state index in [1.165, 1.54) is 31.2 Å². The van der Waals surface area contributed by atoms with Crippen LogP contribution in [0.3, 0.4) is 0 Å². The third kappa shape index (κ3) is 2.88. The Balaban J connectivity index is 1.66. The molecular formula is C17H23NO2. The van der Waals surface area contributed by atoms with Gasteiger partial charge in [0.2, 0.25) is 0 Å². The van der Waals surface area contributed by atoms with Crippen LogP contribution in [0.2, 0.25) is 0 Å². The monoisotopic (exact) mass is 273 g/mol. The topological polar surface area (TPSA) is 40.5 Å². The van der Waals surface area contributed by atoms with Gasteiger partial charge in [-0.15, -0.1) is 0 Å². The van der Waals surface area contributed by atoms with E-state index in [1.54, 1.807) is 0 Å². The fourth-order valence-electron chi connectivity index (χ4n) is 3.41. The minimum Gasteiger partial charge on any atom is -0.393 e. The molecule has 0 aromatic heterocycles. The van der Waals surface area contributed by atoms with Gasteiger partial charge in [-0.3, -0.25) is 4.79 Å². The molecule has 1 aliphatic heterocycles. The van der Waals surface area contributed by atoms with Crippen molar-refractivity contribution in [2.24, 2.45) is 0 Å². The van der Waals surface area contributed by atoms with Crippen LogP contribution in [0.15, 0.2) is 24.3 Å². The number of amides is 1. The summed E-state index contributed by atoms with van der Waals surface area (Å²) < 4.78 is 0. The van der Waals surface area contributed by atoms with Gasteiger partial charge in [0.05, 0.1) is 6.10 Å². The summed E-state index contributed by atoms with van der Waals surface area (Å²) in [5.74, 6) is 0.805. The normalized spacial score (nSPS) is 21.4. The van der Waals surface area contributed by atoms with Crippen LogP contribution >= 0.6 is 0 Å². The first-order valence-corrected chi connectivity index (χ1v) is 7.81. The van der Waals surface area contributed by atoms with Gasteiger partial charge in [-0.05, 0) is 49.3 Å². The molecule has 1 heterocycles. The second kappa shape index (κ2) is 5.96. The molecule has 3 rings (SSSR count). The predicted molar refractivity (Wildman–Crippen MR) is 78.8 cm³/mol. The first-order chi connectivity index (χ1) is 9.74. The second-order valence-corrected chi connectivity index (χ2v) is 6.13. The zero-order valence-corrected chi connectivity index (χ0v) is 11.9. The maximum atomic E-state index is 12.4. The number of benzene rings is 1. The highest BCUT2D eigenvalue weighted by Gasteiger charge is 2.23. The van der Waals surface area contributed by atoms with Gasteiger partial charge >= 0.3 is 0 Å². The maximum absolute atomic E-state index is 12.4. The number of hydrogen-bond acceptors (Lipinski definition) is 2. The molecule has 1 aliphatic carbocycles. The van der Waals surface area contributed by atoms with Crippen molar-refractivity contribution in [3.05, 3.63) is 35.4 Å². The second-order valence-electron chi connectivity index (χ2n) is 6.13. The van der Waals surface area contributed by atoms with Crippen molar-refractivity contribution < 1.29 is 9.90 Å². The Kier molecular flexibility index (Phi) is 4.06. The van der Waals surface area contributed by atoms with E-state index in [9.17, 15) is 9.90 Å².